The van der Waals surface area contributed by atoms with Crippen molar-refractivity contribution in [3.8, 4) is 5.75 Å². The van der Waals surface area contributed by atoms with Gasteiger partial charge in [0.1, 0.15) is 12.4 Å². The highest BCUT2D eigenvalue weighted by molar-refractivity contribution is 7.09. The van der Waals surface area contributed by atoms with E-state index in [1.54, 1.807) is 35.6 Å². The fourth-order valence-corrected chi connectivity index (χ4v) is 3.17. The molecule has 0 fully saturated rings. The fraction of sp³-hybridized carbons (Fsp3) is 0.238. The Morgan fingerprint density at radius 3 is 2.41 bits per heavy atom. The van der Waals surface area contributed by atoms with Crippen LogP contribution in [0, 0.1) is 13.8 Å². The number of nitrogens with zero attached hydrogens (tertiary/aromatic N) is 2. The van der Waals surface area contributed by atoms with Crippen molar-refractivity contribution in [1.29, 1.82) is 0 Å². The molecule has 27 heavy (non-hydrogen) atoms. The van der Waals surface area contributed by atoms with Crippen molar-refractivity contribution in [3.05, 3.63) is 75.7 Å². The zero-order valence-electron chi connectivity index (χ0n) is 15.7. The summed E-state index contributed by atoms with van der Waals surface area (Å²) in [6, 6.07) is 15.2. The Hall–Kier alpha value is -2.86. The Morgan fingerprint density at radius 2 is 1.81 bits per heavy atom. The number of aryl methyl sites for hydroxylation is 2. The molecule has 1 aromatic heterocycles. The third-order valence-corrected chi connectivity index (χ3v) is 4.89. The molecule has 1 N–H and O–H groups in total. The first-order valence-corrected chi connectivity index (χ1v) is 9.72. The lowest BCUT2D eigenvalue weighted by molar-refractivity contribution is 0.0949. The highest BCUT2D eigenvalue weighted by Gasteiger charge is 2.11. The summed E-state index contributed by atoms with van der Waals surface area (Å²) in [6.07, 6.45) is 0. The van der Waals surface area contributed by atoms with Crippen molar-refractivity contribution in [2.45, 2.75) is 27.4 Å². The summed E-state index contributed by atoms with van der Waals surface area (Å²) in [5, 5.41) is 4.84. The normalized spacial score (nSPS) is 10.5. The molecule has 0 spiro atoms. The van der Waals surface area contributed by atoms with Gasteiger partial charge in [-0.15, -0.1) is 11.3 Å². The summed E-state index contributed by atoms with van der Waals surface area (Å²) in [6.45, 7) is 7.10. The van der Waals surface area contributed by atoms with Crippen LogP contribution in [0.15, 0.2) is 53.9 Å². The zero-order chi connectivity index (χ0) is 19.2. The lowest BCUT2D eigenvalue weighted by Gasteiger charge is -2.24. The zero-order valence-corrected chi connectivity index (χ0v) is 16.5. The molecule has 0 saturated heterocycles. The first-order valence-electron chi connectivity index (χ1n) is 8.84. The number of carbonyl (C=O) groups excluding carboxylic acids is 1. The second-order valence-electron chi connectivity index (χ2n) is 6.19. The lowest BCUT2D eigenvalue weighted by atomic mass is 10.2. The molecular weight excluding hydrogens is 358 g/mol. The van der Waals surface area contributed by atoms with Crippen molar-refractivity contribution < 1.29 is 9.53 Å². The van der Waals surface area contributed by atoms with Crippen LogP contribution in [0.2, 0.25) is 0 Å². The number of benzene rings is 2. The Balaban J connectivity index is 1.60. The van der Waals surface area contributed by atoms with Gasteiger partial charge in [0.15, 0.2) is 0 Å². The van der Waals surface area contributed by atoms with E-state index in [1.807, 2.05) is 55.4 Å². The summed E-state index contributed by atoms with van der Waals surface area (Å²) in [7, 11) is 0. The fourth-order valence-electron chi connectivity index (χ4n) is 2.57. The first kappa shape index (κ1) is 18.9. The van der Waals surface area contributed by atoms with E-state index in [1.165, 1.54) is 5.56 Å². The minimum atomic E-state index is -0.154. The van der Waals surface area contributed by atoms with E-state index < -0.39 is 0 Å². The topological polar surface area (TPSA) is 54.5 Å². The summed E-state index contributed by atoms with van der Waals surface area (Å²) in [5.74, 6) is 0.558. The molecule has 2 aromatic carbocycles. The quantitative estimate of drug-likeness (QED) is 0.612. The number of hydrogen-bond donors (Lipinski definition) is 1. The predicted octanol–water partition coefficient (Wildman–Crippen LogP) is 4.51. The van der Waals surface area contributed by atoms with Crippen molar-refractivity contribution in [2.24, 2.45) is 0 Å². The average Bonchev–Trinajstić information content (AvgIpc) is 3.11. The highest BCUT2D eigenvalue weighted by Crippen LogP contribution is 2.17. The van der Waals surface area contributed by atoms with Gasteiger partial charge in [-0.1, -0.05) is 17.7 Å². The largest absolute Gasteiger partial charge is 0.487 e. The smallest absolute Gasteiger partial charge is 0.269 e. The maximum atomic E-state index is 12.5. The summed E-state index contributed by atoms with van der Waals surface area (Å²) >= 11 is 1.60. The number of carbonyl (C=O) groups is 1. The molecule has 6 heteroatoms. The van der Waals surface area contributed by atoms with Crippen molar-refractivity contribution in [3.63, 3.8) is 0 Å². The molecule has 3 rings (SSSR count). The number of thiazole rings is 1. The van der Waals surface area contributed by atoms with Crippen molar-refractivity contribution in [1.82, 2.24) is 10.4 Å². The Bertz CT molecular complexity index is 889. The van der Waals surface area contributed by atoms with E-state index in [9.17, 15) is 4.79 Å². The van der Waals surface area contributed by atoms with Crippen molar-refractivity contribution in [2.75, 3.05) is 11.6 Å². The minimum absolute atomic E-state index is 0.154. The molecule has 5 nitrogen and oxygen atoms in total. The second-order valence-corrected chi connectivity index (χ2v) is 7.25. The monoisotopic (exact) mass is 381 g/mol. The van der Waals surface area contributed by atoms with Crippen LogP contribution in [0.25, 0.3) is 0 Å². The molecule has 0 unspecified atom stereocenters. The van der Waals surface area contributed by atoms with Crippen LogP contribution in [0.3, 0.4) is 0 Å². The van der Waals surface area contributed by atoms with E-state index in [-0.39, 0.29) is 5.91 Å². The van der Waals surface area contributed by atoms with Gasteiger partial charge in [-0.3, -0.25) is 15.2 Å². The van der Waals surface area contributed by atoms with Crippen LogP contribution in [0.5, 0.6) is 5.75 Å². The van der Waals surface area contributed by atoms with Gasteiger partial charge in [0, 0.05) is 17.5 Å². The number of hydrogen-bond acceptors (Lipinski definition) is 5. The number of ether oxygens (including phenoxy) is 1. The molecule has 0 bridgehead atoms. The second kappa shape index (κ2) is 8.68. The van der Waals surface area contributed by atoms with E-state index in [2.05, 4.69) is 10.4 Å². The van der Waals surface area contributed by atoms with Crippen LogP contribution in [-0.4, -0.2) is 17.4 Å². The van der Waals surface area contributed by atoms with Gasteiger partial charge in [0.2, 0.25) is 0 Å². The van der Waals surface area contributed by atoms with Crippen LogP contribution >= 0.6 is 11.3 Å². The van der Waals surface area contributed by atoms with Gasteiger partial charge in [0.25, 0.3) is 5.91 Å². The molecule has 0 aliphatic rings. The van der Waals surface area contributed by atoms with Crippen LogP contribution in [0.4, 0.5) is 5.69 Å². The van der Waals surface area contributed by atoms with Crippen LogP contribution in [-0.2, 0) is 6.61 Å². The first-order chi connectivity index (χ1) is 13.0. The van der Waals surface area contributed by atoms with Crippen LogP contribution < -0.4 is 15.2 Å². The number of amides is 1. The molecule has 3 aromatic rings. The SMILES string of the molecule is CCN(NC(=O)c1ccc(OCc2csc(C)n2)cc1)c1ccc(C)cc1. The van der Waals surface area contributed by atoms with Crippen molar-refractivity contribution >= 4 is 22.9 Å². The van der Waals surface area contributed by atoms with Gasteiger partial charge in [0.05, 0.1) is 16.4 Å². The van der Waals surface area contributed by atoms with E-state index in [0.29, 0.717) is 24.5 Å². The number of anilines is 1. The molecule has 0 radical (unpaired) electrons. The van der Waals surface area contributed by atoms with Crippen LogP contribution in [0.1, 0.15) is 33.5 Å². The molecule has 0 aliphatic carbocycles. The van der Waals surface area contributed by atoms with E-state index in [4.69, 9.17) is 4.74 Å². The molecule has 1 amide bonds. The Kier molecular flexibility index (Phi) is 6.08. The summed E-state index contributed by atoms with van der Waals surface area (Å²) in [4.78, 5) is 16.9. The summed E-state index contributed by atoms with van der Waals surface area (Å²) in [5.41, 5.74) is 6.58. The molecular formula is C21H23N3O2S. The Labute approximate surface area is 163 Å². The minimum Gasteiger partial charge on any atom is -0.487 e. The number of hydrazine groups is 1. The van der Waals surface area contributed by atoms with Gasteiger partial charge in [-0.2, -0.15) is 0 Å². The van der Waals surface area contributed by atoms with Gasteiger partial charge < -0.3 is 4.74 Å². The summed E-state index contributed by atoms with van der Waals surface area (Å²) < 4.78 is 5.72. The number of rotatable bonds is 7. The lowest BCUT2D eigenvalue weighted by Crippen LogP contribution is -2.42. The molecule has 0 aliphatic heterocycles. The maximum Gasteiger partial charge on any atom is 0.269 e. The standard InChI is InChI=1S/C21H23N3O2S/c1-4-24(19-9-5-15(2)6-10-19)23-21(25)17-7-11-20(12-8-17)26-13-18-14-27-16(3)22-18/h5-12,14H,4,13H2,1-3H3,(H,23,25). The molecule has 1 heterocycles. The average molecular weight is 382 g/mol. The van der Waals surface area contributed by atoms with E-state index >= 15 is 0 Å². The number of aromatic nitrogens is 1. The Morgan fingerprint density at radius 1 is 1.11 bits per heavy atom. The third kappa shape index (κ3) is 5.08. The molecule has 0 atom stereocenters. The highest BCUT2D eigenvalue weighted by atomic mass is 32.1. The van der Waals surface area contributed by atoms with Gasteiger partial charge in [-0.25, -0.2) is 4.98 Å². The maximum absolute atomic E-state index is 12.5. The number of nitrogens with one attached hydrogen (secondary N) is 1. The van der Waals surface area contributed by atoms with Gasteiger partial charge in [-0.05, 0) is 57.2 Å². The molecule has 140 valence electrons. The predicted molar refractivity (Wildman–Crippen MR) is 109 cm³/mol. The third-order valence-electron chi connectivity index (χ3n) is 4.07. The van der Waals surface area contributed by atoms with Gasteiger partial charge >= 0.3 is 0 Å². The van der Waals surface area contributed by atoms with E-state index in [0.717, 1.165) is 16.4 Å². The molecule has 0 saturated carbocycles.